The van der Waals surface area contributed by atoms with E-state index in [-0.39, 0.29) is 23.3 Å². The Balaban J connectivity index is 2.01. The van der Waals surface area contributed by atoms with Gasteiger partial charge in [0.15, 0.2) is 0 Å². The molecule has 0 fully saturated rings. The third kappa shape index (κ3) is 7.81. The van der Waals surface area contributed by atoms with Gasteiger partial charge >= 0.3 is 0 Å². The van der Waals surface area contributed by atoms with E-state index in [1.807, 2.05) is 13.8 Å². The van der Waals surface area contributed by atoms with Gasteiger partial charge < -0.3 is 15.0 Å². The summed E-state index contributed by atoms with van der Waals surface area (Å²) in [5.74, 6) is -0.646. The Bertz CT molecular complexity index is 1360. The van der Waals surface area contributed by atoms with Gasteiger partial charge in [-0.2, -0.15) is 0 Å². The number of amides is 2. The molecule has 0 bridgehead atoms. The first-order chi connectivity index (χ1) is 19.1. The zero-order valence-corrected chi connectivity index (χ0v) is 24.0. The first kappa shape index (κ1) is 30.6. The Morgan fingerprint density at radius 1 is 0.950 bits per heavy atom. The maximum atomic E-state index is 14.0. The van der Waals surface area contributed by atoms with Gasteiger partial charge in [0.2, 0.25) is 11.8 Å². The van der Waals surface area contributed by atoms with Gasteiger partial charge in [-0.05, 0) is 66.4 Å². The quantitative estimate of drug-likeness (QED) is 0.324. The van der Waals surface area contributed by atoms with E-state index in [0.717, 1.165) is 4.31 Å². The Morgan fingerprint density at radius 2 is 1.57 bits per heavy atom. The molecule has 2 amide bonds. The van der Waals surface area contributed by atoms with Crippen molar-refractivity contribution in [1.82, 2.24) is 10.2 Å². The molecule has 1 unspecified atom stereocenters. The predicted molar refractivity (Wildman–Crippen MR) is 153 cm³/mol. The maximum Gasteiger partial charge on any atom is 0.264 e. The molecule has 1 atom stereocenters. The highest BCUT2D eigenvalue weighted by Crippen LogP contribution is 2.26. The second-order valence-electron chi connectivity index (χ2n) is 9.73. The van der Waals surface area contributed by atoms with Crippen LogP contribution in [0.5, 0.6) is 5.75 Å². The molecule has 3 rings (SSSR count). The van der Waals surface area contributed by atoms with Crippen molar-refractivity contribution in [2.24, 2.45) is 5.92 Å². The van der Waals surface area contributed by atoms with Crippen LogP contribution >= 0.6 is 0 Å². The number of para-hydroxylation sites is 1. The Hall–Kier alpha value is -3.92. The normalized spacial score (nSPS) is 12.1. The molecule has 3 aromatic rings. The highest BCUT2D eigenvalue weighted by molar-refractivity contribution is 7.92. The molecule has 0 heterocycles. The van der Waals surface area contributed by atoms with E-state index < -0.39 is 34.3 Å². The lowest BCUT2D eigenvalue weighted by molar-refractivity contribution is -0.140. The van der Waals surface area contributed by atoms with Gasteiger partial charge in [0.1, 0.15) is 24.2 Å². The molecule has 0 aromatic heterocycles. The number of ether oxygens (including phenoxy) is 1. The molecule has 0 aliphatic heterocycles. The van der Waals surface area contributed by atoms with Gasteiger partial charge in [-0.25, -0.2) is 12.8 Å². The van der Waals surface area contributed by atoms with Crippen LogP contribution in [-0.2, 0) is 26.2 Å². The molecule has 10 heteroatoms. The van der Waals surface area contributed by atoms with E-state index in [9.17, 15) is 22.4 Å². The van der Waals surface area contributed by atoms with Crippen LogP contribution in [0.15, 0.2) is 83.8 Å². The SMILES string of the molecule is CCC(C(=O)NCC(C)C)N(Cc1ccc(F)cc1)C(=O)CN(c1ccccc1)S(=O)(=O)c1ccc(OC)cc1. The molecule has 40 heavy (non-hydrogen) atoms. The van der Waals surface area contributed by atoms with Gasteiger partial charge in [0.05, 0.1) is 17.7 Å². The number of carbonyl (C=O) groups excluding carboxylic acids is 2. The third-order valence-corrected chi connectivity index (χ3v) is 8.10. The van der Waals surface area contributed by atoms with Crippen LogP contribution in [0.1, 0.15) is 32.8 Å². The van der Waals surface area contributed by atoms with Gasteiger partial charge in [0.25, 0.3) is 10.0 Å². The molecular weight excluding hydrogens is 533 g/mol. The topological polar surface area (TPSA) is 96.0 Å². The second kappa shape index (κ2) is 13.9. The van der Waals surface area contributed by atoms with Crippen molar-refractivity contribution in [1.29, 1.82) is 0 Å². The van der Waals surface area contributed by atoms with Crippen molar-refractivity contribution >= 4 is 27.5 Å². The lowest BCUT2D eigenvalue weighted by Crippen LogP contribution is -2.52. The summed E-state index contributed by atoms with van der Waals surface area (Å²) in [7, 11) is -2.70. The van der Waals surface area contributed by atoms with Crippen LogP contribution in [0.3, 0.4) is 0 Å². The van der Waals surface area contributed by atoms with E-state index >= 15 is 0 Å². The molecule has 0 aliphatic rings. The number of nitrogens with one attached hydrogen (secondary N) is 1. The fourth-order valence-electron chi connectivity index (χ4n) is 4.13. The van der Waals surface area contributed by atoms with Crippen LogP contribution in [0.4, 0.5) is 10.1 Å². The average Bonchev–Trinajstić information content (AvgIpc) is 2.95. The number of halogens is 1. The first-order valence-corrected chi connectivity index (χ1v) is 14.5. The largest absolute Gasteiger partial charge is 0.497 e. The minimum atomic E-state index is -4.18. The van der Waals surface area contributed by atoms with E-state index in [0.29, 0.717) is 30.0 Å². The van der Waals surface area contributed by atoms with Crippen molar-refractivity contribution < 1.29 is 27.1 Å². The maximum absolute atomic E-state index is 14.0. The number of nitrogens with zero attached hydrogens (tertiary/aromatic N) is 2. The van der Waals surface area contributed by atoms with Gasteiger partial charge in [0, 0.05) is 13.1 Å². The molecule has 0 saturated carbocycles. The first-order valence-electron chi connectivity index (χ1n) is 13.1. The lowest BCUT2D eigenvalue weighted by Gasteiger charge is -2.33. The van der Waals surface area contributed by atoms with Crippen LogP contribution in [-0.4, -0.2) is 51.4 Å². The Morgan fingerprint density at radius 3 is 2.12 bits per heavy atom. The van der Waals surface area contributed by atoms with Crippen molar-refractivity contribution in [3.05, 3.63) is 90.2 Å². The molecular formula is C30H36FN3O5S. The van der Waals surface area contributed by atoms with Crippen LogP contribution < -0.4 is 14.4 Å². The van der Waals surface area contributed by atoms with Gasteiger partial charge in [-0.15, -0.1) is 0 Å². The van der Waals surface area contributed by atoms with Crippen molar-refractivity contribution in [2.75, 3.05) is 24.5 Å². The number of rotatable bonds is 13. The van der Waals surface area contributed by atoms with Crippen molar-refractivity contribution in [3.63, 3.8) is 0 Å². The van der Waals surface area contributed by atoms with Crippen molar-refractivity contribution in [2.45, 2.75) is 44.7 Å². The number of benzene rings is 3. The van der Waals surface area contributed by atoms with Crippen molar-refractivity contribution in [3.8, 4) is 5.75 Å². The minimum Gasteiger partial charge on any atom is -0.497 e. The Labute approximate surface area is 235 Å². The smallest absolute Gasteiger partial charge is 0.264 e. The summed E-state index contributed by atoms with van der Waals surface area (Å²) in [4.78, 5) is 28.5. The molecule has 0 aliphatic carbocycles. The second-order valence-corrected chi connectivity index (χ2v) is 11.6. The number of sulfonamides is 1. The van der Waals surface area contributed by atoms with E-state index in [1.54, 1.807) is 37.3 Å². The molecule has 0 spiro atoms. The minimum absolute atomic E-state index is 0.00205. The van der Waals surface area contributed by atoms with E-state index in [2.05, 4.69) is 5.32 Å². The molecule has 8 nitrogen and oxygen atoms in total. The number of hydrogen-bond acceptors (Lipinski definition) is 5. The van der Waals surface area contributed by atoms with E-state index in [1.165, 1.54) is 60.5 Å². The number of hydrogen-bond donors (Lipinski definition) is 1. The molecule has 0 radical (unpaired) electrons. The summed E-state index contributed by atoms with van der Waals surface area (Å²) in [5, 5.41) is 2.88. The summed E-state index contributed by atoms with van der Waals surface area (Å²) in [6.45, 7) is 5.59. The lowest BCUT2D eigenvalue weighted by atomic mass is 10.1. The Kier molecular flexibility index (Phi) is 10.7. The third-order valence-electron chi connectivity index (χ3n) is 6.31. The summed E-state index contributed by atoms with van der Waals surface area (Å²) in [6, 6.07) is 19.0. The monoisotopic (exact) mass is 569 g/mol. The molecule has 214 valence electrons. The van der Waals surface area contributed by atoms with Gasteiger partial charge in [-0.1, -0.05) is 51.1 Å². The zero-order valence-electron chi connectivity index (χ0n) is 23.2. The van der Waals surface area contributed by atoms with Crippen LogP contribution in [0.25, 0.3) is 0 Å². The molecule has 1 N–H and O–H groups in total. The van der Waals surface area contributed by atoms with E-state index in [4.69, 9.17) is 4.74 Å². The number of anilines is 1. The van der Waals surface area contributed by atoms with Crippen LogP contribution in [0.2, 0.25) is 0 Å². The zero-order chi connectivity index (χ0) is 29.3. The van der Waals surface area contributed by atoms with Gasteiger partial charge in [-0.3, -0.25) is 13.9 Å². The highest BCUT2D eigenvalue weighted by atomic mass is 32.2. The fraction of sp³-hybridized carbons (Fsp3) is 0.333. The molecule has 0 saturated heterocycles. The van der Waals surface area contributed by atoms with Crippen LogP contribution in [0, 0.1) is 11.7 Å². The fourth-order valence-corrected chi connectivity index (χ4v) is 5.54. The summed E-state index contributed by atoms with van der Waals surface area (Å²) in [6.07, 6.45) is 0.299. The predicted octanol–water partition coefficient (Wildman–Crippen LogP) is 4.61. The number of carbonyl (C=O) groups is 2. The molecule has 3 aromatic carbocycles. The summed E-state index contributed by atoms with van der Waals surface area (Å²) in [5.41, 5.74) is 0.903. The summed E-state index contributed by atoms with van der Waals surface area (Å²) < 4.78 is 47.4. The number of methoxy groups -OCH3 is 1. The highest BCUT2D eigenvalue weighted by Gasteiger charge is 2.33. The summed E-state index contributed by atoms with van der Waals surface area (Å²) >= 11 is 0. The average molecular weight is 570 g/mol. The standard InChI is InChI=1S/C30H36FN3O5S/c1-5-28(30(36)32-19-22(2)3)33(20-23-11-13-24(31)14-12-23)29(35)21-34(25-9-7-6-8-10-25)40(37,38)27-17-15-26(39-4)16-18-27/h6-18,22,28H,5,19-21H2,1-4H3,(H,32,36).